The summed E-state index contributed by atoms with van der Waals surface area (Å²) in [6, 6.07) is 12.7. The van der Waals surface area contributed by atoms with Crippen LogP contribution in [0.2, 0.25) is 0 Å². The van der Waals surface area contributed by atoms with E-state index in [0.29, 0.717) is 30.7 Å². The number of aryl methyl sites for hydroxylation is 1. The second-order valence-corrected chi connectivity index (χ2v) is 6.80. The van der Waals surface area contributed by atoms with Gasteiger partial charge in [0, 0.05) is 25.8 Å². The number of ether oxygens (including phenoxy) is 1. The highest BCUT2D eigenvalue weighted by Gasteiger charge is 2.45. The van der Waals surface area contributed by atoms with Gasteiger partial charge in [0.1, 0.15) is 11.5 Å². The average Bonchev–Trinajstić information content (AvgIpc) is 2.94. The Labute approximate surface area is 163 Å². The number of aliphatic hydroxyl groups excluding tert-OH is 1. The van der Waals surface area contributed by atoms with E-state index in [0.717, 1.165) is 5.56 Å². The van der Waals surface area contributed by atoms with Crippen LogP contribution in [0.5, 0.6) is 5.75 Å². The molecule has 1 fully saturated rings. The fourth-order valence-electron chi connectivity index (χ4n) is 3.36. The maximum atomic E-state index is 12.8. The largest absolute Gasteiger partial charge is 0.508 e. The van der Waals surface area contributed by atoms with Crippen LogP contribution in [-0.2, 0) is 14.3 Å². The van der Waals surface area contributed by atoms with E-state index in [4.69, 9.17) is 4.74 Å². The average molecular weight is 381 g/mol. The number of carbonyl (C=O) groups is 2. The highest BCUT2D eigenvalue weighted by atomic mass is 16.5. The molecule has 2 N–H and O–H groups in total. The molecule has 1 heterocycles. The highest BCUT2D eigenvalue weighted by Crippen LogP contribution is 2.39. The molecule has 28 heavy (non-hydrogen) atoms. The number of carbonyl (C=O) groups excluding carboxylic acids is 2. The molecule has 0 spiro atoms. The fourth-order valence-corrected chi connectivity index (χ4v) is 3.36. The van der Waals surface area contributed by atoms with Crippen molar-refractivity contribution in [3.05, 3.63) is 70.8 Å². The van der Waals surface area contributed by atoms with Gasteiger partial charge in [0.05, 0.1) is 11.6 Å². The number of amides is 1. The Hall–Kier alpha value is -3.12. The Balaban J connectivity index is 2.10. The summed E-state index contributed by atoms with van der Waals surface area (Å²) < 4.78 is 5.06. The molecule has 0 saturated carbocycles. The van der Waals surface area contributed by atoms with Gasteiger partial charge in [0.2, 0.25) is 0 Å². The topological polar surface area (TPSA) is 87.1 Å². The van der Waals surface area contributed by atoms with E-state index in [1.807, 2.05) is 19.1 Å². The van der Waals surface area contributed by atoms with Crippen LogP contribution in [0.4, 0.5) is 0 Å². The summed E-state index contributed by atoms with van der Waals surface area (Å²) in [7, 11) is 1.57. The number of Topliss-reactive ketones (excluding diaryl/α,β-unsaturated/α-hetero) is 1. The SMILES string of the molecule is COCCCN1C(=O)C(=O)C(=C(O)c2ccc(C)cc2)[C@@H]1c1ccc(O)cc1. The number of nitrogens with zero attached hydrogens (tertiary/aromatic N) is 1. The van der Waals surface area contributed by atoms with Gasteiger partial charge >= 0.3 is 0 Å². The zero-order valence-corrected chi connectivity index (χ0v) is 15.9. The van der Waals surface area contributed by atoms with E-state index in [9.17, 15) is 19.8 Å². The van der Waals surface area contributed by atoms with E-state index >= 15 is 0 Å². The second kappa shape index (κ2) is 8.27. The molecular weight excluding hydrogens is 358 g/mol. The molecule has 0 aliphatic carbocycles. The minimum atomic E-state index is -0.723. The lowest BCUT2D eigenvalue weighted by molar-refractivity contribution is -0.140. The molecule has 146 valence electrons. The van der Waals surface area contributed by atoms with Gasteiger partial charge in [0.15, 0.2) is 0 Å². The van der Waals surface area contributed by atoms with Gasteiger partial charge in [0.25, 0.3) is 11.7 Å². The van der Waals surface area contributed by atoms with Crippen molar-refractivity contribution >= 4 is 17.4 Å². The summed E-state index contributed by atoms with van der Waals surface area (Å²) >= 11 is 0. The number of ketones is 1. The van der Waals surface area contributed by atoms with Gasteiger partial charge in [-0.15, -0.1) is 0 Å². The number of phenols is 1. The first-order chi connectivity index (χ1) is 13.4. The third-order valence-electron chi connectivity index (χ3n) is 4.82. The lowest BCUT2D eigenvalue weighted by atomic mass is 9.95. The lowest BCUT2D eigenvalue weighted by Crippen LogP contribution is -2.31. The summed E-state index contributed by atoms with van der Waals surface area (Å²) in [5, 5.41) is 20.5. The van der Waals surface area contributed by atoms with Crippen molar-refractivity contribution in [1.29, 1.82) is 0 Å². The first kappa shape index (κ1) is 19.6. The number of rotatable bonds is 6. The number of phenolic OH excluding ortho intramolecular Hbond substituents is 1. The summed E-state index contributed by atoms with van der Waals surface area (Å²) in [6.07, 6.45) is 0.558. The van der Waals surface area contributed by atoms with Gasteiger partial charge in [-0.05, 0) is 31.0 Å². The van der Waals surface area contributed by atoms with Crippen molar-refractivity contribution in [3.63, 3.8) is 0 Å². The molecule has 1 saturated heterocycles. The molecule has 1 atom stereocenters. The molecule has 1 aliphatic heterocycles. The summed E-state index contributed by atoms with van der Waals surface area (Å²) in [5.41, 5.74) is 2.19. The maximum Gasteiger partial charge on any atom is 0.295 e. The summed E-state index contributed by atoms with van der Waals surface area (Å²) in [6.45, 7) is 2.69. The molecule has 3 rings (SSSR count). The van der Waals surface area contributed by atoms with Crippen LogP contribution >= 0.6 is 0 Å². The number of hydrogen-bond donors (Lipinski definition) is 2. The van der Waals surface area contributed by atoms with Crippen LogP contribution in [0, 0.1) is 6.92 Å². The molecule has 0 unspecified atom stereocenters. The van der Waals surface area contributed by atoms with Gasteiger partial charge in [-0.2, -0.15) is 0 Å². The predicted molar refractivity (Wildman–Crippen MR) is 105 cm³/mol. The monoisotopic (exact) mass is 381 g/mol. The first-order valence-corrected chi connectivity index (χ1v) is 9.07. The number of hydrogen-bond acceptors (Lipinski definition) is 5. The predicted octanol–water partition coefficient (Wildman–Crippen LogP) is 3.16. The quantitative estimate of drug-likeness (QED) is 0.347. The van der Waals surface area contributed by atoms with E-state index in [2.05, 4.69) is 0 Å². The maximum absolute atomic E-state index is 12.8. The molecule has 2 aromatic carbocycles. The molecule has 1 amide bonds. The Morgan fingerprint density at radius 3 is 2.32 bits per heavy atom. The zero-order valence-electron chi connectivity index (χ0n) is 15.9. The summed E-state index contributed by atoms with van der Waals surface area (Å²) in [5.74, 6) is -1.49. The first-order valence-electron chi connectivity index (χ1n) is 9.07. The Morgan fingerprint density at radius 1 is 1.07 bits per heavy atom. The Bertz CT molecular complexity index is 900. The second-order valence-electron chi connectivity index (χ2n) is 6.80. The van der Waals surface area contributed by atoms with E-state index in [-0.39, 0.29) is 17.1 Å². The van der Waals surface area contributed by atoms with Crippen LogP contribution < -0.4 is 0 Å². The van der Waals surface area contributed by atoms with E-state index in [1.54, 1.807) is 31.4 Å². The minimum Gasteiger partial charge on any atom is -0.508 e. The molecule has 1 aliphatic rings. The zero-order chi connectivity index (χ0) is 20.3. The Morgan fingerprint density at radius 2 is 1.71 bits per heavy atom. The van der Waals surface area contributed by atoms with Gasteiger partial charge in [-0.1, -0.05) is 42.0 Å². The number of benzene rings is 2. The van der Waals surface area contributed by atoms with Crippen molar-refractivity contribution in [2.75, 3.05) is 20.3 Å². The van der Waals surface area contributed by atoms with Gasteiger partial charge in [-0.3, -0.25) is 9.59 Å². The van der Waals surface area contributed by atoms with Crippen molar-refractivity contribution in [2.24, 2.45) is 0 Å². The van der Waals surface area contributed by atoms with Crippen molar-refractivity contribution in [2.45, 2.75) is 19.4 Å². The van der Waals surface area contributed by atoms with Crippen molar-refractivity contribution < 1.29 is 24.5 Å². The standard InChI is InChI=1S/C22H23NO5/c1-14-4-6-16(7-5-14)20(25)18-19(15-8-10-17(24)11-9-15)23(12-3-13-28-2)22(27)21(18)26/h4-11,19,24-25H,3,12-13H2,1-2H3/t19-/m0/s1. The fraction of sp³-hybridized carbons (Fsp3) is 0.273. The van der Waals surface area contributed by atoms with Gasteiger partial charge < -0.3 is 19.8 Å². The number of methoxy groups -OCH3 is 1. The van der Waals surface area contributed by atoms with Crippen molar-refractivity contribution in [1.82, 2.24) is 4.90 Å². The van der Waals surface area contributed by atoms with Crippen LogP contribution in [0.25, 0.3) is 5.76 Å². The minimum absolute atomic E-state index is 0.0527. The van der Waals surface area contributed by atoms with E-state index in [1.165, 1.54) is 17.0 Å². The molecular formula is C22H23NO5. The number of aromatic hydroxyl groups is 1. The molecule has 2 aromatic rings. The van der Waals surface area contributed by atoms with Gasteiger partial charge in [-0.25, -0.2) is 0 Å². The smallest absolute Gasteiger partial charge is 0.295 e. The number of aliphatic hydroxyl groups is 1. The van der Waals surface area contributed by atoms with Crippen LogP contribution in [-0.4, -0.2) is 47.1 Å². The highest BCUT2D eigenvalue weighted by molar-refractivity contribution is 6.46. The lowest BCUT2D eigenvalue weighted by Gasteiger charge is -2.25. The van der Waals surface area contributed by atoms with Crippen LogP contribution in [0.1, 0.15) is 29.2 Å². The Kier molecular flexibility index (Phi) is 5.80. The summed E-state index contributed by atoms with van der Waals surface area (Å²) in [4.78, 5) is 26.9. The third kappa shape index (κ3) is 3.77. The molecule has 0 bridgehead atoms. The van der Waals surface area contributed by atoms with Crippen molar-refractivity contribution in [3.8, 4) is 5.75 Å². The molecule has 6 heteroatoms. The van der Waals surface area contributed by atoms with E-state index < -0.39 is 17.7 Å². The molecule has 0 aromatic heterocycles. The molecule has 6 nitrogen and oxygen atoms in total. The normalized spacial score (nSPS) is 18.6. The van der Waals surface area contributed by atoms with Crippen LogP contribution in [0.15, 0.2) is 54.1 Å². The number of likely N-dealkylation sites (tertiary alicyclic amines) is 1. The third-order valence-corrected chi connectivity index (χ3v) is 4.82. The molecule has 0 radical (unpaired) electrons. The van der Waals surface area contributed by atoms with Crippen LogP contribution in [0.3, 0.4) is 0 Å².